The van der Waals surface area contributed by atoms with Crippen molar-refractivity contribution in [2.45, 2.75) is 50.3 Å². The molecule has 6 aromatic rings. The van der Waals surface area contributed by atoms with E-state index >= 15 is 0 Å². The lowest BCUT2D eigenvalue weighted by Gasteiger charge is -2.14. The van der Waals surface area contributed by atoms with Crippen LogP contribution in [0.4, 0.5) is 24.7 Å². The van der Waals surface area contributed by atoms with Gasteiger partial charge < -0.3 is 15.2 Å². The Labute approximate surface area is 291 Å². The number of hydrogen-bond acceptors (Lipinski definition) is 6. The molecular formula is C37H33F3N6O4S. The van der Waals surface area contributed by atoms with Crippen molar-refractivity contribution >= 4 is 55.5 Å². The van der Waals surface area contributed by atoms with E-state index in [0.29, 0.717) is 35.7 Å². The number of aromatic nitrogens is 3. The second kappa shape index (κ2) is 14.6. The number of carbonyl (C=O) groups excluding carboxylic acids is 2. The van der Waals surface area contributed by atoms with Crippen LogP contribution in [0.1, 0.15) is 58.0 Å². The maximum atomic E-state index is 14.0. The summed E-state index contributed by atoms with van der Waals surface area (Å²) in [7, 11) is -4.41. The number of nitrogens with zero attached hydrogens (tertiary/aromatic N) is 3. The van der Waals surface area contributed by atoms with E-state index in [1.54, 1.807) is 16.7 Å². The molecule has 14 heteroatoms. The van der Waals surface area contributed by atoms with Crippen molar-refractivity contribution in [2.24, 2.45) is 0 Å². The van der Waals surface area contributed by atoms with E-state index in [1.807, 2.05) is 42.5 Å². The molecule has 0 atom stereocenters. The first kappa shape index (κ1) is 35.1. The van der Waals surface area contributed by atoms with Gasteiger partial charge in [-0.2, -0.15) is 13.2 Å². The van der Waals surface area contributed by atoms with Crippen LogP contribution in [0.2, 0.25) is 0 Å². The van der Waals surface area contributed by atoms with Gasteiger partial charge in [-0.15, -0.1) is 0 Å². The maximum Gasteiger partial charge on any atom is 0.416 e. The molecule has 0 saturated heterocycles. The first-order chi connectivity index (χ1) is 24.4. The molecule has 51 heavy (non-hydrogen) atoms. The third-order valence-electron chi connectivity index (χ3n) is 8.14. The lowest BCUT2D eigenvalue weighted by molar-refractivity contribution is -0.137. The summed E-state index contributed by atoms with van der Waals surface area (Å²) in [4.78, 5) is 37.2. The second-order valence-electron chi connectivity index (χ2n) is 11.8. The number of hydrogen-bond donors (Lipinski definition) is 3. The fourth-order valence-electron chi connectivity index (χ4n) is 5.61. The van der Waals surface area contributed by atoms with E-state index in [9.17, 15) is 31.2 Å². The summed E-state index contributed by atoms with van der Waals surface area (Å²) >= 11 is 0. The minimum absolute atomic E-state index is 0.0750. The molecule has 4 aromatic carbocycles. The number of para-hydroxylation sites is 2. The van der Waals surface area contributed by atoms with Gasteiger partial charge in [0.15, 0.2) is 5.65 Å². The number of rotatable bonds is 12. The van der Waals surface area contributed by atoms with Crippen LogP contribution in [0.15, 0.2) is 108 Å². The molecule has 0 radical (unpaired) electrons. The SMILES string of the molecule is CCCCCn1c(NC(=O)c2cccc(S(=O)(=O)Nc3cccc(C(F)(F)F)c3)c2)c(C(=O)NCc2ccccc2)c2nc3ccccc3nc21. The highest BCUT2D eigenvalue weighted by molar-refractivity contribution is 7.92. The highest BCUT2D eigenvalue weighted by Gasteiger charge is 2.31. The summed E-state index contributed by atoms with van der Waals surface area (Å²) in [5.74, 6) is -1.09. The first-order valence-corrected chi connectivity index (χ1v) is 17.7. The average Bonchev–Trinajstić information content (AvgIpc) is 3.41. The number of nitrogens with one attached hydrogen (secondary N) is 3. The monoisotopic (exact) mass is 714 g/mol. The number of aryl methyl sites for hydroxylation is 1. The van der Waals surface area contributed by atoms with Crippen molar-refractivity contribution in [3.8, 4) is 0 Å². The van der Waals surface area contributed by atoms with Crippen molar-refractivity contribution in [1.29, 1.82) is 0 Å². The molecule has 0 aliphatic rings. The number of carbonyl (C=O) groups is 2. The van der Waals surface area contributed by atoms with E-state index in [1.165, 1.54) is 24.3 Å². The zero-order valence-electron chi connectivity index (χ0n) is 27.4. The highest BCUT2D eigenvalue weighted by atomic mass is 32.2. The van der Waals surface area contributed by atoms with Crippen molar-refractivity contribution < 1.29 is 31.2 Å². The van der Waals surface area contributed by atoms with Crippen molar-refractivity contribution in [3.05, 3.63) is 125 Å². The number of unbranched alkanes of at least 4 members (excludes halogenated alkanes) is 2. The standard InChI is InChI=1S/C37H33F3N6O4S/c1-2-3-9-20-46-33(31(36(48)41-23-24-12-5-4-6-13-24)32-34(46)43-30-19-8-7-18-29(30)42-32)44-35(47)25-14-10-17-28(21-25)51(49,50)45-27-16-11-15-26(22-27)37(38,39)40/h4-8,10-19,21-22,45H,2-3,9,20,23H2,1H3,(H,41,48)(H,44,47). The normalized spacial score (nSPS) is 11.8. The van der Waals surface area contributed by atoms with Crippen LogP contribution in [-0.2, 0) is 29.3 Å². The Bertz CT molecular complexity index is 2340. The van der Waals surface area contributed by atoms with Crippen molar-refractivity contribution in [3.63, 3.8) is 0 Å². The largest absolute Gasteiger partial charge is 0.416 e. The maximum absolute atomic E-state index is 14.0. The average molecular weight is 715 g/mol. The Morgan fingerprint density at radius 1 is 0.804 bits per heavy atom. The molecule has 10 nitrogen and oxygen atoms in total. The van der Waals surface area contributed by atoms with Crippen LogP contribution in [-0.4, -0.2) is 34.8 Å². The van der Waals surface area contributed by atoms with E-state index in [4.69, 9.17) is 9.97 Å². The highest BCUT2D eigenvalue weighted by Crippen LogP contribution is 2.33. The Morgan fingerprint density at radius 2 is 1.51 bits per heavy atom. The summed E-state index contributed by atoms with van der Waals surface area (Å²) in [6, 6.07) is 25.4. The fraction of sp³-hybridized carbons (Fsp3) is 0.189. The van der Waals surface area contributed by atoms with Gasteiger partial charge in [0.25, 0.3) is 21.8 Å². The van der Waals surface area contributed by atoms with Gasteiger partial charge in [-0.25, -0.2) is 18.4 Å². The third kappa shape index (κ3) is 7.86. The third-order valence-corrected chi connectivity index (χ3v) is 9.52. The number of sulfonamides is 1. The van der Waals surface area contributed by atoms with E-state index < -0.39 is 33.6 Å². The Balaban J connectivity index is 1.38. The number of amides is 2. The Morgan fingerprint density at radius 3 is 2.24 bits per heavy atom. The van der Waals surface area contributed by atoms with Crippen LogP contribution >= 0.6 is 0 Å². The van der Waals surface area contributed by atoms with Crippen LogP contribution in [0.25, 0.3) is 22.2 Å². The summed E-state index contributed by atoms with van der Waals surface area (Å²) in [5, 5.41) is 5.77. The summed E-state index contributed by atoms with van der Waals surface area (Å²) in [6.45, 7) is 2.65. The minimum atomic E-state index is -4.67. The predicted octanol–water partition coefficient (Wildman–Crippen LogP) is 7.78. The zero-order chi connectivity index (χ0) is 36.2. The van der Waals surface area contributed by atoms with Crippen molar-refractivity contribution in [2.75, 3.05) is 10.0 Å². The molecule has 2 heterocycles. The van der Waals surface area contributed by atoms with Gasteiger partial charge in [0.05, 0.1) is 21.5 Å². The smallest absolute Gasteiger partial charge is 0.348 e. The van der Waals surface area contributed by atoms with Crippen LogP contribution in [0.5, 0.6) is 0 Å². The van der Waals surface area contributed by atoms with Gasteiger partial charge in [-0.3, -0.25) is 14.3 Å². The van der Waals surface area contributed by atoms with Crippen LogP contribution < -0.4 is 15.4 Å². The van der Waals surface area contributed by atoms with Gasteiger partial charge in [-0.1, -0.05) is 74.4 Å². The first-order valence-electron chi connectivity index (χ1n) is 16.2. The lowest BCUT2D eigenvalue weighted by atomic mass is 10.2. The Hall–Kier alpha value is -5.76. The van der Waals surface area contributed by atoms with Crippen molar-refractivity contribution in [1.82, 2.24) is 19.9 Å². The van der Waals surface area contributed by atoms with Gasteiger partial charge in [0, 0.05) is 24.3 Å². The summed E-state index contributed by atoms with van der Waals surface area (Å²) in [6.07, 6.45) is -2.19. The molecule has 0 saturated carbocycles. The quantitative estimate of drug-likeness (QED) is 0.111. The predicted molar refractivity (Wildman–Crippen MR) is 189 cm³/mol. The van der Waals surface area contributed by atoms with E-state index in [0.717, 1.165) is 36.6 Å². The van der Waals surface area contributed by atoms with E-state index in [-0.39, 0.29) is 39.6 Å². The molecule has 2 amide bonds. The van der Waals surface area contributed by atoms with E-state index in [2.05, 4.69) is 22.3 Å². The molecule has 0 spiro atoms. The molecule has 6 rings (SSSR count). The molecule has 262 valence electrons. The van der Waals surface area contributed by atoms with Crippen LogP contribution in [0, 0.1) is 0 Å². The molecular weight excluding hydrogens is 682 g/mol. The number of fused-ring (bicyclic) bond motifs is 2. The zero-order valence-corrected chi connectivity index (χ0v) is 28.2. The lowest BCUT2D eigenvalue weighted by Crippen LogP contribution is -2.25. The Kier molecular flexibility index (Phi) is 10.1. The second-order valence-corrected chi connectivity index (χ2v) is 13.5. The minimum Gasteiger partial charge on any atom is -0.348 e. The van der Waals surface area contributed by atoms with Gasteiger partial charge in [0.2, 0.25) is 0 Å². The molecule has 0 unspecified atom stereocenters. The summed E-state index contributed by atoms with van der Waals surface area (Å²) < 4.78 is 70.2. The van der Waals surface area contributed by atoms with Gasteiger partial charge >= 0.3 is 6.18 Å². The number of alkyl halides is 3. The fourth-order valence-corrected chi connectivity index (χ4v) is 6.70. The molecule has 2 aromatic heterocycles. The molecule has 0 aliphatic heterocycles. The number of anilines is 2. The number of halogens is 3. The van der Waals surface area contributed by atoms with Gasteiger partial charge in [0.1, 0.15) is 16.9 Å². The van der Waals surface area contributed by atoms with Gasteiger partial charge in [-0.05, 0) is 60.5 Å². The topological polar surface area (TPSA) is 135 Å². The van der Waals surface area contributed by atoms with Crippen LogP contribution in [0.3, 0.4) is 0 Å². The summed E-state index contributed by atoms with van der Waals surface area (Å²) in [5.41, 5.74) is 1.39. The molecule has 0 bridgehead atoms. The molecule has 0 fully saturated rings. The molecule has 3 N–H and O–H groups in total. The molecule has 0 aliphatic carbocycles. The number of benzene rings is 4.